The molecule has 0 saturated carbocycles. The number of nitrogens with zero attached hydrogens (tertiary/aromatic N) is 3. The molecule has 1 aromatic rings. The number of amides is 1. The summed E-state index contributed by atoms with van der Waals surface area (Å²) >= 11 is 3.36. The van der Waals surface area contributed by atoms with Crippen molar-refractivity contribution in [1.29, 1.82) is 0 Å². The Morgan fingerprint density at radius 1 is 1.29 bits per heavy atom. The molecule has 2 rings (SSSR count). The molecule has 0 bridgehead atoms. The molecular weight excluding hydrogens is 336 g/mol. The van der Waals surface area contributed by atoms with Crippen LogP contribution in [0.4, 0.5) is 0 Å². The summed E-state index contributed by atoms with van der Waals surface area (Å²) in [5.41, 5.74) is 6.31. The number of rotatable bonds is 3. The van der Waals surface area contributed by atoms with Gasteiger partial charge in [0.05, 0.1) is 6.04 Å². The standard InChI is InChI=1S/C14H19BrN4O2/c1-10(13(16)17-21)18-6-8-19(9-7-18)14(20)11-2-4-12(15)5-3-11/h2-5,10,21H,6-9H2,1H3,(H2,16,17). The van der Waals surface area contributed by atoms with Crippen molar-refractivity contribution < 1.29 is 10.0 Å². The Morgan fingerprint density at radius 3 is 2.38 bits per heavy atom. The molecule has 1 unspecified atom stereocenters. The fourth-order valence-electron chi connectivity index (χ4n) is 2.36. The van der Waals surface area contributed by atoms with Crippen molar-refractivity contribution in [3.8, 4) is 0 Å². The van der Waals surface area contributed by atoms with Gasteiger partial charge in [0.25, 0.3) is 5.91 Å². The van der Waals surface area contributed by atoms with Crippen LogP contribution < -0.4 is 5.73 Å². The van der Waals surface area contributed by atoms with Crippen molar-refractivity contribution in [3.05, 3.63) is 34.3 Å². The van der Waals surface area contributed by atoms with Gasteiger partial charge in [0, 0.05) is 36.2 Å². The summed E-state index contributed by atoms with van der Waals surface area (Å²) in [6.07, 6.45) is 0. The van der Waals surface area contributed by atoms with Crippen LogP contribution in [0.2, 0.25) is 0 Å². The molecule has 1 aromatic carbocycles. The summed E-state index contributed by atoms with van der Waals surface area (Å²) in [7, 11) is 0. The highest BCUT2D eigenvalue weighted by atomic mass is 79.9. The van der Waals surface area contributed by atoms with Crippen LogP contribution in [0.3, 0.4) is 0 Å². The van der Waals surface area contributed by atoms with E-state index in [1.807, 2.05) is 36.1 Å². The van der Waals surface area contributed by atoms with E-state index in [0.717, 1.165) is 4.47 Å². The van der Waals surface area contributed by atoms with Crippen LogP contribution >= 0.6 is 15.9 Å². The number of amidine groups is 1. The number of nitrogens with two attached hydrogens (primary N) is 1. The largest absolute Gasteiger partial charge is 0.409 e. The molecule has 1 heterocycles. The van der Waals surface area contributed by atoms with Crippen molar-refractivity contribution in [2.24, 2.45) is 10.9 Å². The van der Waals surface area contributed by atoms with Gasteiger partial charge >= 0.3 is 0 Å². The molecule has 21 heavy (non-hydrogen) atoms. The predicted octanol–water partition coefficient (Wildman–Crippen LogP) is 1.34. The van der Waals surface area contributed by atoms with Gasteiger partial charge in [-0.1, -0.05) is 21.1 Å². The zero-order valence-corrected chi connectivity index (χ0v) is 13.5. The summed E-state index contributed by atoms with van der Waals surface area (Å²) in [5.74, 6) is 0.237. The lowest BCUT2D eigenvalue weighted by Gasteiger charge is -2.37. The topological polar surface area (TPSA) is 82.2 Å². The minimum absolute atomic E-state index is 0.0404. The van der Waals surface area contributed by atoms with E-state index in [1.165, 1.54) is 0 Å². The maximum absolute atomic E-state index is 12.4. The molecule has 7 heteroatoms. The smallest absolute Gasteiger partial charge is 0.253 e. The van der Waals surface area contributed by atoms with Crippen molar-refractivity contribution in [3.63, 3.8) is 0 Å². The molecule has 1 atom stereocenters. The van der Waals surface area contributed by atoms with Gasteiger partial charge in [0.2, 0.25) is 0 Å². The number of halogens is 1. The van der Waals surface area contributed by atoms with Gasteiger partial charge < -0.3 is 15.8 Å². The maximum atomic E-state index is 12.4. The summed E-state index contributed by atoms with van der Waals surface area (Å²) in [6, 6.07) is 7.24. The number of benzene rings is 1. The first-order valence-electron chi connectivity index (χ1n) is 6.79. The Labute approximate surface area is 132 Å². The minimum atomic E-state index is -0.125. The molecule has 1 aliphatic heterocycles. The summed E-state index contributed by atoms with van der Waals surface area (Å²) in [5, 5.41) is 11.8. The van der Waals surface area contributed by atoms with Crippen LogP contribution in [0.5, 0.6) is 0 Å². The molecule has 1 fully saturated rings. The van der Waals surface area contributed by atoms with Gasteiger partial charge in [-0.3, -0.25) is 9.69 Å². The Hall–Kier alpha value is -1.60. The van der Waals surface area contributed by atoms with Crippen molar-refractivity contribution in [2.75, 3.05) is 26.2 Å². The van der Waals surface area contributed by atoms with E-state index in [9.17, 15) is 4.79 Å². The lowest BCUT2D eigenvalue weighted by atomic mass is 10.1. The van der Waals surface area contributed by atoms with E-state index in [2.05, 4.69) is 26.0 Å². The Kier molecular flexibility index (Phi) is 5.19. The Morgan fingerprint density at radius 2 is 1.86 bits per heavy atom. The van der Waals surface area contributed by atoms with Crippen LogP contribution in [0, 0.1) is 0 Å². The van der Waals surface area contributed by atoms with E-state index in [4.69, 9.17) is 10.9 Å². The first kappa shape index (κ1) is 15.8. The molecule has 0 radical (unpaired) electrons. The SMILES string of the molecule is CC(C(N)=NO)N1CCN(C(=O)c2ccc(Br)cc2)CC1. The lowest BCUT2D eigenvalue weighted by Crippen LogP contribution is -2.54. The van der Waals surface area contributed by atoms with Crippen molar-refractivity contribution >= 4 is 27.7 Å². The number of carbonyl (C=O) groups is 1. The first-order valence-corrected chi connectivity index (χ1v) is 7.58. The third-order valence-electron chi connectivity index (χ3n) is 3.78. The molecular formula is C14H19BrN4O2. The van der Waals surface area contributed by atoms with Crippen LogP contribution in [0.15, 0.2) is 33.9 Å². The zero-order valence-electron chi connectivity index (χ0n) is 11.9. The van der Waals surface area contributed by atoms with E-state index in [1.54, 1.807) is 0 Å². The second kappa shape index (κ2) is 6.91. The second-order valence-corrected chi connectivity index (χ2v) is 5.95. The molecule has 0 aliphatic carbocycles. The van der Waals surface area contributed by atoms with E-state index in [-0.39, 0.29) is 17.8 Å². The van der Waals surface area contributed by atoms with Gasteiger partial charge in [-0.25, -0.2) is 0 Å². The van der Waals surface area contributed by atoms with Gasteiger partial charge in [-0.15, -0.1) is 0 Å². The first-order chi connectivity index (χ1) is 10.0. The van der Waals surface area contributed by atoms with Gasteiger partial charge in [0.1, 0.15) is 0 Å². The molecule has 0 aromatic heterocycles. The predicted molar refractivity (Wildman–Crippen MR) is 84.5 cm³/mol. The lowest BCUT2D eigenvalue weighted by molar-refractivity contribution is 0.0619. The highest BCUT2D eigenvalue weighted by Gasteiger charge is 2.26. The molecule has 0 spiro atoms. The van der Waals surface area contributed by atoms with E-state index in [0.29, 0.717) is 31.7 Å². The van der Waals surface area contributed by atoms with Gasteiger partial charge in [0.15, 0.2) is 5.84 Å². The van der Waals surface area contributed by atoms with Crippen molar-refractivity contribution in [1.82, 2.24) is 9.80 Å². The molecule has 6 nitrogen and oxygen atoms in total. The number of piperazine rings is 1. The van der Waals surface area contributed by atoms with Crippen LogP contribution in [0.1, 0.15) is 17.3 Å². The number of oxime groups is 1. The fourth-order valence-corrected chi connectivity index (χ4v) is 2.62. The van der Waals surface area contributed by atoms with Crippen LogP contribution in [-0.4, -0.2) is 59.0 Å². The molecule has 1 amide bonds. The highest BCUT2D eigenvalue weighted by Crippen LogP contribution is 2.14. The molecule has 1 saturated heterocycles. The Balaban J connectivity index is 1.94. The van der Waals surface area contributed by atoms with E-state index >= 15 is 0 Å². The average Bonchev–Trinajstić information content (AvgIpc) is 2.53. The zero-order chi connectivity index (χ0) is 15.4. The van der Waals surface area contributed by atoms with Crippen LogP contribution in [0.25, 0.3) is 0 Å². The molecule has 3 N–H and O–H groups in total. The fraction of sp³-hybridized carbons (Fsp3) is 0.429. The van der Waals surface area contributed by atoms with Crippen molar-refractivity contribution in [2.45, 2.75) is 13.0 Å². The van der Waals surface area contributed by atoms with Gasteiger partial charge in [-0.2, -0.15) is 0 Å². The molecule has 1 aliphatic rings. The summed E-state index contributed by atoms with van der Waals surface area (Å²) in [4.78, 5) is 16.3. The quantitative estimate of drug-likeness (QED) is 0.371. The van der Waals surface area contributed by atoms with Gasteiger partial charge in [-0.05, 0) is 31.2 Å². The monoisotopic (exact) mass is 354 g/mol. The third-order valence-corrected chi connectivity index (χ3v) is 4.31. The summed E-state index contributed by atoms with van der Waals surface area (Å²) in [6.45, 7) is 4.58. The number of carbonyl (C=O) groups excluding carboxylic acids is 1. The Bertz CT molecular complexity index is 524. The average molecular weight is 355 g/mol. The third kappa shape index (κ3) is 3.74. The molecule has 114 valence electrons. The normalized spacial score (nSPS) is 18.6. The highest BCUT2D eigenvalue weighted by molar-refractivity contribution is 9.10. The number of hydrogen-bond acceptors (Lipinski definition) is 4. The summed E-state index contributed by atoms with van der Waals surface area (Å²) < 4.78 is 0.955. The minimum Gasteiger partial charge on any atom is -0.409 e. The number of hydrogen-bond donors (Lipinski definition) is 2. The second-order valence-electron chi connectivity index (χ2n) is 5.04. The maximum Gasteiger partial charge on any atom is 0.253 e. The van der Waals surface area contributed by atoms with Crippen LogP contribution in [-0.2, 0) is 0 Å². The van der Waals surface area contributed by atoms with E-state index < -0.39 is 0 Å².